The maximum absolute atomic E-state index is 14.2. The van der Waals surface area contributed by atoms with Gasteiger partial charge in [0.2, 0.25) is 6.75 Å². The highest BCUT2D eigenvalue weighted by Gasteiger charge is 2.27. The Morgan fingerprint density at radius 1 is 1.33 bits per heavy atom. The lowest BCUT2D eigenvalue weighted by atomic mass is 9.81. The third-order valence-corrected chi connectivity index (χ3v) is 3.43. The van der Waals surface area contributed by atoms with Crippen molar-refractivity contribution in [3.8, 4) is 17.2 Å². The number of hydrogen-bond donors (Lipinski definition) is 1. The van der Waals surface area contributed by atoms with Gasteiger partial charge in [-0.1, -0.05) is 12.1 Å². The molecule has 1 N–H and O–H groups in total. The average Bonchev–Trinajstić information content (AvgIpc) is 3.06. The van der Waals surface area contributed by atoms with E-state index < -0.39 is 80.1 Å². The molecule has 1 fully saturated rings. The fourth-order valence-corrected chi connectivity index (χ4v) is 2.25. The highest BCUT2D eigenvalue weighted by atomic mass is 19.1. The number of fused-ring (bicyclic) bond motifs is 1. The number of rotatable bonds is 4. The Labute approximate surface area is 157 Å². The van der Waals surface area contributed by atoms with Crippen LogP contribution in [0.3, 0.4) is 0 Å². The predicted octanol–water partition coefficient (Wildman–Crippen LogP) is 3.33. The molecule has 24 heavy (non-hydrogen) atoms. The van der Waals surface area contributed by atoms with Crippen molar-refractivity contribution in [2.45, 2.75) is 12.3 Å². The molecule has 2 aromatic rings. The second kappa shape index (κ2) is 6.69. The first-order valence-corrected chi connectivity index (χ1v) is 7.07. The number of ether oxygens (including phenoxy) is 3. The van der Waals surface area contributed by atoms with Crippen LogP contribution >= 0.6 is 0 Å². The van der Waals surface area contributed by atoms with E-state index in [4.69, 9.17) is 30.7 Å². The molecule has 126 valence electrons. The van der Waals surface area contributed by atoms with Crippen LogP contribution in [-0.2, 0) is 0 Å². The van der Waals surface area contributed by atoms with E-state index in [0.29, 0.717) is 0 Å². The summed E-state index contributed by atoms with van der Waals surface area (Å²) in [6.45, 7) is -8.86. The lowest BCUT2D eigenvalue weighted by Gasteiger charge is -2.32. The molecule has 1 saturated heterocycles. The predicted molar refractivity (Wildman–Crippen MR) is 88.2 cm³/mol. The first-order chi connectivity index (χ1) is 16.3. The first-order valence-electron chi connectivity index (χ1n) is 13.1. The van der Waals surface area contributed by atoms with Gasteiger partial charge >= 0.3 is 0 Å². The fraction of sp³-hybridized carbons (Fsp3) is 0.368. The van der Waals surface area contributed by atoms with E-state index in [2.05, 4.69) is 5.32 Å². The molecular formula is C19H20FNO3. The number of nitrogens with one attached hydrogen (secondary N) is 1. The molecule has 0 bridgehead atoms. The molecule has 4 rings (SSSR count). The van der Waals surface area contributed by atoms with Gasteiger partial charge in [-0.25, -0.2) is 4.39 Å². The van der Waals surface area contributed by atoms with Gasteiger partial charge in [-0.15, -0.1) is 0 Å². The van der Waals surface area contributed by atoms with Crippen LogP contribution < -0.4 is 19.5 Å². The molecule has 2 aliphatic rings. The standard InChI is InChI=1S/C19H20FNO3/c20-15-3-1-13(2-4-15)17-7-8-21-10-14(17)11-22-16-5-6-18-19(9-16)24-12-23-18/h1-6,9,14,17,21H,7-8,10-12H2/t14-,17?/m1/s1/i1D,2D,3D,4D,8D2,11D2,12D2,14D,17D. The zero-order chi connectivity index (χ0) is 27.1. The summed E-state index contributed by atoms with van der Waals surface area (Å²) in [7, 11) is 0. The summed E-state index contributed by atoms with van der Waals surface area (Å²) < 4.78 is 128. The summed E-state index contributed by atoms with van der Waals surface area (Å²) in [4.78, 5) is 0. The van der Waals surface area contributed by atoms with Crippen molar-refractivity contribution in [3.05, 3.63) is 53.7 Å². The van der Waals surface area contributed by atoms with Crippen LogP contribution in [0.15, 0.2) is 42.4 Å². The number of hydrogen-bond acceptors (Lipinski definition) is 4. The van der Waals surface area contributed by atoms with Crippen LogP contribution in [-0.4, -0.2) is 26.3 Å². The van der Waals surface area contributed by atoms with Gasteiger partial charge in [-0.2, -0.15) is 0 Å². The largest absolute Gasteiger partial charge is 0.493 e. The molecule has 0 aliphatic carbocycles. The van der Waals surface area contributed by atoms with Gasteiger partial charge in [0.25, 0.3) is 0 Å². The van der Waals surface area contributed by atoms with Crippen molar-refractivity contribution in [3.63, 3.8) is 0 Å². The average molecular weight is 341 g/mol. The summed E-state index contributed by atoms with van der Waals surface area (Å²) in [6.07, 6.45) is -0.990. The zero-order valence-electron chi connectivity index (χ0n) is 24.2. The molecule has 0 saturated carbocycles. The Hall–Kier alpha value is -2.27. The summed E-state index contributed by atoms with van der Waals surface area (Å²) in [6, 6.07) is -0.805. The van der Waals surface area contributed by atoms with E-state index in [0.717, 1.165) is 6.07 Å². The SMILES string of the molecule is [2H]c1c([2H])c(C2([2H])CC([2H])([2H])NC[C@]2([2H])C([2H])([2H])Oc2ccc3c(c2)OC([2H])([2H])O3)c([2H])c([2H])c1F. The van der Waals surface area contributed by atoms with Crippen LogP contribution in [0.25, 0.3) is 0 Å². The molecule has 0 radical (unpaired) electrons. The van der Waals surface area contributed by atoms with E-state index in [1.165, 1.54) is 12.1 Å². The molecule has 0 spiro atoms. The van der Waals surface area contributed by atoms with Crippen molar-refractivity contribution >= 4 is 0 Å². The molecular weight excluding hydrogens is 309 g/mol. The van der Waals surface area contributed by atoms with Gasteiger partial charge in [0.05, 0.1) is 14.8 Å². The van der Waals surface area contributed by atoms with Crippen LogP contribution in [0, 0.1) is 11.7 Å². The minimum absolute atomic E-state index is 0.00539. The highest BCUT2D eigenvalue weighted by molar-refractivity contribution is 5.46. The zero-order valence-corrected chi connectivity index (χ0v) is 12.2. The monoisotopic (exact) mass is 341 g/mol. The van der Waals surface area contributed by atoms with Crippen molar-refractivity contribution in [1.29, 1.82) is 0 Å². The third-order valence-electron chi connectivity index (χ3n) is 3.43. The van der Waals surface area contributed by atoms with Gasteiger partial charge in [-0.3, -0.25) is 0 Å². The Bertz CT molecular complexity index is 1220. The van der Waals surface area contributed by atoms with E-state index in [-0.39, 0.29) is 17.2 Å². The van der Waals surface area contributed by atoms with Crippen molar-refractivity contribution in [1.82, 2.24) is 5.32 Å². The first kappa shape index (κ1) is 6.92. The molecule has 2 aliphatic heterocycles. The second-order valence-corrected chi connectivity index (χ2v) is 4.95. The third kappa shape index (κ3) is 3.17. The minimum Gasteiger partial charge on any atom is -0.493 e. The maximum Gasteiger partial charge on any atom is 0.231 e. The maximum atomic E-state index is 14.2. The molecule has 0 amide bonds. The van der Waals surface area contributed by atoms with Gasteiger partial charge < -0.3 is 19.5 Å². The number of benzene rings is 2. The van der Waals surface area contributed by atoms with E-state index in [9.17, 15) is 4.39 Å². The summed E-state index contributed by atoms with van der Waals surface area (Å²) in [5.74, 6) is -7.48. The van der Waals surface area contributed by atoms with Gasteiger partial charge in [-0.05, 0) is 48.6 Å². The smallest absolute Gasteiger partial charge is 0.231 e. The molecule has 2 aromatic carbocycles. The van der Waals surface area contributed by atoms with Crippen molar-refractivity contribution < 1.29 is 35.1 Å². The highest BCUT2D eigenvalue weighted by Crippen LogP contribution is 2.36. The van der Waals surface area contributed by atoms with E-state index in [1.807, 2.05) is 0 Å². The lowest BCUT2D eigenvalue weighted by molar-refractivity contribution is 0.173. The topological polar surface area (TPSA) is 39.7 Å². The quantitative estimate of drug-likeness (QED) is 0.926. The van der Waals surface area contributed by atoms with Crippen molar-refractivity contribution in [2.75, 3.05) is 26.3 Å². The summed E-state index contributed by atoms with van der Waals surface area (Å²) in [5.41, 5.74) is -0.842. The second-order valence-electron chi connectivity index (χ2n) is 4.95. The fourth-order valence-electron chi connectivity index (χ4n) is 2.25. The molecule has 5 heteroatoms. The number of piperidine rings is 1. The van der Waals surface area contributed by atoms with Gasteiger partial charge in [0.1, 0.15) is 14.3 Å². The Morgan fingerprint density at radius 2 is 2.17 bits per heavy atom. The van der Waals surface area contributed by atoms with E-state index >= 15 is 0 Å². The van der Waals surface area contributed by atoms with Crippen LogP contribution in [0.1, 0.15) is 34.3 Å². The van der Waals surface area contributed by atoms with Crippen LogP contribution in [0.5, 0.6) is 17.2 Å². The lowest BCUT2D eigenvalue weighted by Crippen LogP contribution is -2.38. The molecule has 1 unspecified atom stereocenters. The Kier molecular flexibility index (Phi) is 1.93. The summed E-state index contributed by atoms with van der Waals surface area (Å²) >= 11 is 0. The van der Waals surface area contributed by atoms with Gasteiger partial charge in [0.15, 0.2) is 11.5 Å². The van der Waals surface area contributed by atoms with Crippen molar-refractivity contribution in [2.24, 2.45) is 5.89 Å². The van der Waals surface area contributed by atoms with Gasteiger partial charge in [0, 0.05) is 24.0 Å². The Balaban J connectivity index is 1.83. The minimum atomic E-state index is -3.15. The normalized spacial score (nSPS) is 40.5. The van der Waals surface area contributed by atoms with Crippen LogP contribution in [0.4, 0.5) is 4.39 Å². The summed E-state index contributed by atoms with van der Waals surface area (Å²) in [5, 5.41) is 2.32. The molecule has 4 nitrogen and oxygen atoms in total. The van der Waals surface area contributed by atoms with Crippen LogP contribution in [0.2, 0.25) is 0 Å². The Morgan fingerprint density at radius 3 is 3.04 bits per heavy atom. The number of halogens is 1. The van der Waals surface area contributed by atoms with E-state index in [1.54, 1.807) is 0 Å². The molecule has 2 atom stereocenters. The molecule has 0 aromatic heterocycles. The molecule has 2 heterocycles.